The van der Waals surface area contributed by atoms with E-state index in [9.17, 15) is 8.42 Å². The Morgan fingerprint density at radius 1 is 1.06 bits per heavy atom. The summed E-state index contributed by atoms with van der Waals surface area (Å²) in [4.78, 5) is 13.3. The molecule has 0 atom stereocenters. The summed E-state index contributed by atoms with van der Waals surface area (Å²) in [6.07, 6.45) is 6.67. The first-order chi connectivity index (χ1) is 14.3. The summed E-state index contributed by atoms with van der Waals surface area (Å²) < 4.78 is 25.4. The van der Waals surface area contributed by atoms with E-state index in [-0.39, 0.29) is 24.0 Å². The molecule has 8 nitrogen and oxygen atoms in total. The molecule has 0 bridgehead atoms. The molecule has 0 saturated heterocycles. The Hall–Kier alpha value is -2.47. The van der Waals surface area contributed by atoms with E-state index in [1.54, 1.807) is 26.2 Å². The van der Waals surface area contributed by atoms with Crippen molar-refractivity contribution in [2.45, 2.75) is 31.8 Å². The monoisotopic (exact) mass is 554 g/mol. The molecule has 0 amide bonds. The van der Waals surface area contributed by atoms with E-state index in [4.69, 9.17) is 0 Å². The number of sulfone groups is 1. The first-order valence-electron chi connectivity index (χ1n) is 9.47. The van der Waals surface area contributed by atoms with Gasteiger partial charge in [-0.1, -0.05) is 18.2 Å². The van der Waals surface area contributed by atoms with Gasteiger partial charge in [0.15, 0.2) is 15.8 Å². The zero-order valence-electron chi connectivity index (χ0n) is 18.0. The van der Waals surface area contributed by atoms with Gasteiger partial charge in [0, 0.05) is 45.0 Å². The van der Waals surface area contributed by atoms with Gasteiger partial charge in [0.05, 0.1) is 4.90 Å². The van der Waals surface area contributed by atoms with Crippen molar-refractivity contribution in [2.24, 2.45) is 4.99 Å². The second-order valence-electron chi connectivity index (χ2n) is 7.02. The van der Waals surface area contributed by atoms with Crippen LogP contribution in [-0.4, -0.2) is 42.2 Å². The lowest BCUT2D eigenvalue weighted by atomic mass is 10.1. The molecule has 0 radical (unpaired) electrons. The zero-order valence-corrected chi connectivity index (χ0v) is 21.1. The molecule has 0 spiro atoms. The van der Waals surface area contributed by atoms with Crippen LogP contribution >= 0.6 is 24.0 Å². The summed E-state index contributed by atoms with van der Waals surface area (Å²) >= 11 is 0. The smallest absolute Gasteiger partial charge is 0.191 e. The van der Waals surface area contributed by atoms with Crippen LogP contribution in [0.5, 0.6) is 0 Å². The lowest BCUT2D eigenvalue weighted by molar-refractivity contribution is 0.601. The summed E-state index contributed by atoms with van der Waals surface area (Å²) in [6.45, 7) is 4.83. The van der Waals surface area contributed by atoms with Crippen molar-refractivity contribution in [1.29, 1.82) is 0 Å². The third kappa shape index (κ3) is 6.50. The highest BCUT2D eigenvalue weighted by atomic mass is 127. The van der Waals surface area contributed by atoms with E-state index in [1.165, 1.54) is 6.26 Å². The number of rotatable bonds is 6. The van der Waals surface area contributed by atoms with Crippen LogP contribution in [0.2, 0.25) is 0 Å². The van der Waals surface area contributed by atoms with Crippen LogP contribution in [0.15, 0.2) is 58.8 Å². The lowest BCUT2D eigenvalue weighted by Gasteiger charge is -2.13. The number of benzene rings is 1. The van der Waals surface area contributed by atoms with Crippen molar-refractivity contribution in [1.82, 2.24) is 25.2 Å². The van der Waals surface area contributed by atoms with Gasteiger partial charge in [-0.15, -0.1) is 24.0 Å². The molecule has 0 aliphatic carbocycles. The first-order valence-corrected chi connectivity index (χ1v) is 11.4. The third-order valence-corrected chi connectivity index (χ3v) is 5.92. The predicted molar refractivity (Wildman–Crippen MR) is 133 cm³/mol. The Balaban J connectivity index is 0.00000341. The molecule has 3 aromatic rings. The van der Waals surface area contributed by atoms with E-state index in [1.807, 2.05) is 48.1 Å². The highest BCUT2D eigenvalue weighted by molar-refractivity contribution is 14.0. The minimum absolute atomic E-state index is 0. The number of guanidine groups is 1. The molecule has 2 heterocycles. The average molecular weight is 554 g/mol. The van der Waals surface area contributed by atoms with Crippen molar-refractivity contribution in [3.05, 3.63) is 71.4 Å². The Kier molecular flexibility index (Phi) is 8.57. The minimum atomic E-state index is -3.21. The molecule has 3 rings (SSSR count). The number of nitrogens with one attached hydrogen (secondary N) is 2. The molecule has 31 heavy (non-hydrogen) atoms. The molecule has 0 fully saturated rings. The number of hydrogen-bond donors (Lipinski definition) is 2. The van der Waals surface area contributed by atoms with Gasteiger partial charge >= 0.3 is 0 Å². The van der Waals surface area contributed by atoms with Crippen molar-refractivity contribution in [2.75, 3.05) is 13.3 Å². The normalized spacial score (nSPS) is 11.7. The van der Waals surface area contributed by atoms with Gasteiger partial charge in [-0.2, -0.15) is 0 Å². The fraction of sp³-hybridized carbons (Fsp3) is 0.286. The van der Waals surface area contributed by atoms with Gasteiger partial charge in [-0.05, 0) is 42.7 Å². The maximum atomic E-state index is 11.7. The fourth-order valence-electron chi connectivity index (χ4n) is 3.11. The second-order valence-corrected chi connectivity index (χ2v) is 9.00. The van der Waals surface area contributed by atoms with Crippen LogP contribution in [0, 0.1) is 13.8 Å². The predicted octanol–water partition coefficient (Wildman–Crippen LogP) is 2.77. The molecule has 1 aromatic carbocycles. The molecular formula is C21H27IN6O2S. The van der Waals surface area contributed by atoms with Gasteiger partial charge in [-0.25, -0.2) is 18.4 Å². The van der Waals surface area contributed by atoms with E-state index in [0.29, 0.717) is 23.9 Å². The fourth-order valence-corrected chi connectivity index (χ4v) is 4.07. The van der Waals surface area contributed by atoms with Crippen LogP contribution in [0.4, 0.5) is 0 Å². The number of aryl methyl sites for hydroxylation is 2. The standard InChI is InChI=1S/C21H26N6O2S.HI/c1-15-11-17(5-7-19(15)30(4,28)29)12-25-21(22-3)26-14-18-6-8-20(24-13-18)27-10-9-23-16(27)2;/h5-11,13H,12,14H2,1-4H3,(H2,22,25,26);1H. The second kappa shape index (κ2) is 10.7. The maximum absolute atomic E-state index is 11.7. The van der Waals surface area contributed by atoms with E-state index in [2.05, 4.69) is 25.6 Å². The maximum Gasteiger partial charge on any atom is 0.191 e. The number of pyridine rings is 1. The number of imidazole rings is 1. The van der Waals surface area contributed by atoms with Gasteiger partial charge < -0.3 is 10.6 Å². The number of aromatic nitrogens is 3. The largest absolute Gasteiger partial charge is 0.352 e. The van der Waals surface area contributed by atoms with Crippen LogP contribution in [0.1, 0.15) is 22.5 Å². The summed E-state index contributed by atoms with van der Waals surface area (Å²) in [5.41, 5.74) is 2.73. The minimum Gasteiger partial charge on any atom is -0.352 e. The molecule has 0 aliphatic rings. The topological polar surface area (TPSA) is 101 Å². The first kappa shape index (κ1) is 24.8. The Morgan fingerprint density at radius 3 is 2.26 bits per heavy atom. The van der Waals surface area contributed by atoms with Crippen LogP contribution < -0.4 is 10.6 Å². The van der Waals surface area contributed by atoms with E-state index in [0.717, 1.165) is 28.3 Å². The summed E-state index contributed by atoms with van der Waals surface area (Å²) in [5.74, 6) is 2.36. The van der Waals surface area contributed by atoms with Crippen LogP contribution in [0.25, 0.3) is 5.82 Å². The average Bonchev–Trinajstić information content (AvgIpc) is 3.13. The summed E-state index contributed by atoms with van der Waals surface area (Å²) in [6, 6.07) is 9.29. The van der Waals surface area contributed by atoms with E-state index < -0.39 is 9.84 Å². The highest BCUT2D eigenvalue weighted by Gasteiger charge is 2.11. The molecule has 2 aromatic heterocycles. The lowest BCUT2D eigenvalue weighted by Crippen LogP contribution is -2.36. The van der Waals surface area contributed by atoms with E-state index >= 15 is 0 Å². The van der Waals surface area contributed by atoms with Crippen LogP contribution in [0.3, 0.4) is 0 Å². The van der Waals surface area contributed by atoms with Gasteiger partial charge in [-0.3, -0.25) is 9.56 Å². The highest BCUT2D eigenvalue weighted by Crippen LogP contribution is 2.16. The molecule has 0 aliphatic heterocycles. The van der Waals surface area contributed by atoms with Crippen molar-refractivity contribution < 1.29 is 8.42 Å². The number of nitrogens with zero attached hydrogens (tertiary/aromatic N) is 4. The Bertz CT molecular complexity index is 1160. The van der Waals surface area contributed by atoms with Gasteiger partial charge in [0.1, 0.15) is 11.6 Å². The zero-order chi connectivity index (χ0) is 21.7. The van der Waals surface area contributed by atoms with Crippen molar-refractivity contribution in [3.63, 3.8) is 0 Å². The Labute approximate surface area is 200 Å². The number of hydrogen-bond acceptors (Lipinski definition) is 5. The molecule has 0 unspecified atom stereocenters. The van der Waals surface area contributed by atoms with Crippen LogP contribution in [-0.2, 0) is 22.9 Å². The summed E-state index contributed by atoms with van der Waals surface area (Å²) in [7, 11) is -1.51. The molecule has 2 N–H and O–H groups in total. The SMILES string of the molecule is CN=C(NCc1ccc(-n2ccnc2C)nc1)NCc1ccc(S(C)(=O)=O)c(C)c1.I. The van der Waals surface area contributed by atoms with Crippen molar-refractivity contribution in [3.8, 4) is 5.82 Å². The third-order valence-electron chi connectivity index (χ3n) is 4.66. The summed E-state index contributed by atoms with van der Waals surface area (Å²) in [5, 5.41) is 6.49. The number of aliphatic imine (C=N–C) groups is 1. The quantitative estimate of drug-likeness (QED) is 0.276. The van der Waals surface area contributed by atoms with Gasteiger partial charge in [0.25, 0.3) is 0 Å². The molecular weight excluding hydrogens is 527 g/mol. The molecule has 166 valence electrons. The Morgan fingerprint density at radius 2 is 1.74 bits per heavy atom. The van der Waals surface area contributed by atoms with Crippen molar-refractivity contribution >= 4 is 39.8 Å². The van der Waals surface area contributed by atoms with Gasteiger partial charge in [0.2, 0.25) is 0 Å². The molecule has 10 heteroatoms. The molecule has 0 saturated carbocycles. The number of halogens is 1.